The van der Waals surface area contributed by atoms with E-state index in [-0.39, 0.29) is 20.4 Å². The molecule has 0 bridgehead atoms. The van der Waals surface area contributed by atoms with Crippen LogP contribution in [0.2, 0.25) is 5.02 Å². The quantitative estimate of drug-likeness (QED) is 0.733. The molecule has 8 nitrogen and oxygen atoms in total. The van der Waals surface area contributed by atoms with Crippen LogP contribution >= 0.6 is 11.6 Å². The SMILES string of the molecule is CN(C)S(=O)(=O)c1ccc(NC(=O)c2ccc(Cl)c(S(=O)(=O)N(C)C)c2)cc1. The number of amides is 1. The van der Waals surface area contributed by atoms with Gasteiger partial charge in [-0.25, -0.2) is 25.4 Å². The van der Waals surface area contributed by atoms with Gasteiger partial charge in [0.15, 0.2) is 0 Å². The molecular weight excluding hydrogens is 426 g/mol. The maximum atomic E-state index is 12.5. The average molecular weight is 446 g/mol. The first-order valence-electron chi connectivity index (χ1n) is 7.93. The summed E-state index contributed by atoms with van der Waals surface area (Å²) in [6.07, 6.45) is 0. The first-order chi connectivity index (χ1) is 12.9. The van der Waals surface area contributed by atoms with Crippen molar-refractivity contribution in [2.45, 2.75) is 9.79 Å². The van der Waals surface area contributed by atoms with E-state index in [9.17, 15) is 21.6 Å². The second-order valence-electron chi connectivity index (χ2n) is 6.20. The van der Waals surface area contributed by atoms with Crippen molar-refractivity contribution < 1.29 is 21.6 Å². The van der Waals surface area contributed by atoms with Crippen molar-refractivity contribution in [2.75, 3.05) is 33.5 Å². The monoisotopic (exact) mass is 445 g/mol. The lowest BCUT2D eigenvalue weighted by Crippen LogP contribution is -2.23. The van der Waals surface area contributed by atoms with E-state index < -0.39 is 26.0 Å². The van der Waals surface area contributed by atoms with Crippen LogP contribution in [0.15, 0.2) is 52.3 Å². The fraction of sp³-hybridized carbons (Fsp3) is 0.235. The summed E-state index contributed by atoms with van der Waals surface area (Å²) in [5, 5.41) is 2.60. The van der Waals surface area contributed by atoms with Gasteiger partial charge in [0.05, 0.1) is 9.92 Å². The van der Waals surface area contributed by atoms with Gasteiger partial charge in [0, 0.05) is 39.4 Å². The summed E-state index contributed by atoms with van der Waals surface area (Å²) >= 11 is 5.98. The second-order valence-corrected chi connectivity index (χ2v) is 10.9. The zero-order chi connectivity index (χ0) is 21.3. The van der Waals surface area contributed by atoms with E-state index in [0.29, 0.717) is 5.69 Å². The molecule has 152 valence electrons. The standard InChI is InChI=1S/C17H20ClN3O5S2/c1-20(2)27(23,24)14-8-6-13(7-9-14)19-17(22)12-5-10-15(18)16(11-12)28(25,26)21(3)4/h5-11H,1-4H3,(H,19,22). The third kappa shape index (κ3) is 4.53. The molecule has 2 aromatic carbocycles. The van der Waals surface area contributed by atoms with Gasteiger partial charge in [0.25, 0.3) is 5.91 Å². The van der Waals surface area contributed by atoms with Gasteiger partial charge in [-0.15, -0.1) is 0 Å². The summed E-state index contributed by atoms with van der Waals surface area (Å²) in [4.78, 5) is 12.4. The molecule has 0 aliphatic carbocycles. The van der Waals surface area contributed by atoms with Gasteiger partial charge in [-0.2, -0.15) is 0 Å². The number of anilines is 1. The molecule has 2 rings (SSSR count). The molecule has 0 atom stereocenters. The molecule has 0 heterocycles. The second kappa shape index (κ2) is 8.18. The number of hydrogen-bond donors (Lipinski definition) is 1. The van der Waals surface area contributed by atoms with Gasteiger partial charge < -0.3 is 5.32 Å². The number of nitrogens with one attached hydrogen (secondary N) is 1. The molecule has 0 aromatic heterocycles. The normalized spacial score (nSPS) is 12.4. The highest BCUT2D eigenvalue weighted by Gasteiger charge is 2.22. The molecule has 2 aromatic rings. The lowest BCUT2D eigenvalue weighted by atomic mass is 10.2. The molecule has 11 heteroatoms. The predicted octanol–water partition coefficient (Wildman–Crippen LogP) is 2.09. The molecule has 0 spiro atoms. The molecule has 1 amide bonds. The van der Waals surface area contributed by atoms with Crippen molar-refractivity contribution in [2.24, 2.45) is 0 Å². The van der Waals surface area contributed by atoms with Crippen LogP contribution in [0.4, 0.5) is 5.69 Å². The van der Waals surface area contributed by atoms with E-state index in [2.05, 4.69) is 5.32 Å². The maximum Gasteiger partial charge on any atom is 0.255 e. The fourth-order valence-corrected chi connectivity index (χ4v) is 4.46. The lowest BCUT2D eigenvalue weighted by Gasteiger charge is -2.14. The summed E-state index contributed by atoms with van der Waals surface area (Å²) in [7, 11) is -1.82. The van der Waals surface area contributed by atoms with Gasteiger partial charge in [-0.1, -0.05) is 11.6 Å². The largest absolute Gasteiger partial charge is 0.322 e. The molecule has 0 fully saturated rings. The van der Waals surface area contributed by atoms with Gasteiger partial charge >= 0.3 is 0 Å². The highest BCUT2D eigenvalue weighted by atomic mass is 35.5. The smallest absolute Gasteiger partial charge is 0.255 e. The molecule has 0 radical (unpaired) electrons. The number of sulfonamides is 2. The number of halogens is 1. The Balaban J connectivity index is 2.29. The van der Waals surface area contributed by atoms with E-state index >= 15 is 0 Å². The zero-order valence-electron chi connectivity index (χ0n) is 15.7. The Morgan fingerprint density at radius 1 is 0.857 bits per heavy atom. The minimum Gasteiger partial charge on any atom is -0.322 e. The third-order valence-electron chi connectivity index (χ3n) is 3.84. The minimum absolute atomic E-state index is 0.00324. The van der Waals surface area contributed by atoms with E-state index in [0.717, 1.165) is 8.61 Å². The molecule has 0 unspecified atom stereocenters. The van der Waals surface area contributed by atoms with Crippen molar-refractivity contribution in [1.82, 2.24) is 8.61 Å². The van der Waals surface area contributed by atoms with Crippen molar-refractivity contribution >= 4 is 43.2 Å². The lowest BCUT2D eigenvalue weighted by molar-refractivity contribution is 0.102. The van der Waals surface area contributed by atoms with Crippen molar-refractivity contribution in [1.29, 1.82) is 0 Å². The Hall–Kier alpha value is -1.98. The maximum absolute atomic E-state index is 12.5. The Morgan fingerprint density at radius 3 is 1.89 bits per heavy atom. The van der Waals surface area contributed by atoms with E-state index in [1.54, 1.807) is 0 Å². The van der Waals surface area contributed by atoms with Crippen LogP contribution in [-0.4, -0.2) is 59.5 Å². The average Bonchev–Trinajstić information content (AvgIpc) is 2.62. The minimum atomic E-state index is -3.82. The van der Waals surface area contributed by atoms with Gasteiger partial charge in [0.1, 0.15) is 4.90 Å². The van der Waals surface area contributed by atoms with Gasteiger partial charge in [-0.05, 0) is 42.5 Å². The number of nitrogens with zero attached hydrogens (tertiary/aromatic N) is 2. The topological polar surface area (TPSA) is 104 Å². The molecular formula is C17H20ClN3O5S2. The Kier molecular flexibility index (Phi) is 6.51. The first-order valence-corrected chi connectivity index (χ1v) is 11.2. The molecule has 1 N–H and O–H groups in total. The predicted molar refractivity (Wildman–Crippen MR) is 108 cm³/mol. The highest BCUT2D eigenvalue weighted by molar-refractivity contribution is 7.89. The molecule has 0 aliphatic rings. The Bertz CT molecular complexity index is 1100. The van der Waals surface area contributed by atoms with Gasteiger partial charge in [-0.3, -0.25) is 4.79 Å². The molecule has 0 saturated carbocycles. The summed E-state index contributed by atoms with van der Waals surface area (Å²) in [5.74, 6) is -0.560. The first kappa shape index (κ1) is 22.3. The Morgan fingerprint density at radius 2 is 1.39 bits per heavy atom. The number of carbonyl (C=O) groups is 1. The van der Waals surface area contributed by atoms with Crippen LogP contribution in [0.3, 0.4) is 0 Å². The fourth-order valence-electron chi connectivity index (χ4n) is 2.16. The van der Waals surface area contributed by atoms with Crippen LogP contribution in [0, 0.1) is 0 Å². The van der Waals surface area contributed by atoms with Crippen molar-refractivity contribution in [3.05, 3.63) is 53.1 Å². The highest BCUT2D eigenvalue weighted by Crippen LogP contribution is 2.25. The summed E-state index contributed by atoms with van der Waals surface area (Å²) in [5.41, 5.74) is 0.449. The Labute approximate surface area is 169 Å². The number of hydrogen-bond acceptors (Lipinski definition) is 5. The van der Waals surface area contributed by atoms with Crippen molar-refractivity contribution in [3.63, 3.8) is 0 Å². The van der Waals surface area contributed by atoms with Crippen molar-refractivity contribution in [3.8, 4) is 0 Å². The van der Waals surface area contributed by atoms with Crippen LogP contribution in [0.5, 0.6) is 0 Å². The summed E-state index contributed by atoms with van der Waals surface area (Å²) in [6.45, 7) is 0. The molecule has 0 aliphatic heterocycles. The van der Waals surface area contributed by atoms with Crippen LogP contribution in [0.1, 0.15) is 10.4 Å². The molecule has 0 saturated heterocycles. The summed E-state index contributed by atoms with van der Waals surface area (Å²) in [6, 6.07) is 9.56. The van der Waals surface area contributed by atoms with Gasteiger partial charge in [0.2, 0.25) is 20.0 Å². The molecule has 28 heavy (non-hydrogen) atoms. The number of benzene rings is 2. The number of rotatable bonds is 6. The van der Waals surface area contributed by atoms with Crippen LogP contribution in [0.25, 0.3) is 0 Å². The van der Waals surface area contributed by atoms with Crippen LogP contribution < -0.4 is 5.32 Å². The van der Waals surface area contributed by atoms with E-state index in [4.69, 9.17) is 11.6 Å². The van der Waals surface area contributed by atoms with E-state index in [1.165, 1.54) is 70.7 Å². The third-order valence-corrected chi connectivity index (χ3v) is 7.97. The van der Waals surface area contributed by atoms with E-state index in [1.807, 2.05) is 0 Å². The van der Waals surface area contributed by atoms with Crippen LogP contribution in [-0.2, 0) is 20.0 Å². The zero-order valence-corrected chi connectivity index (χ0v) is 18.1. The number of carbonyl (C=O) groups excluding carboxylic acids is 1. The summed E-state index contributed by atoms with van der Waals surface area (Å²) < 4.78 is 50.9.